The largest absolute Gasteiger partial charge is 0.436 e. The molecule has 0 aromatic carbocycles. The Labute approximate surface area is 175 Å². The first kappa shape index (κ1) is 20.0. The fraction of sp³-hybridized carbons (Fsp3) is 0.273. The number of nitrogens with one attached hydrogen (secondary N) is 1. The smallest absolute Gasteiger partial charge is 0.237 e. The van der Waals surface area contributed by atoms with Crippen molar-refractivity contribution in [3.8, 4) is 29.0 Å². The lowest BCUT2D eigenvalue weighted by Gasteiger charge is -2.16. The van der Waals surface area contributed by atoms with E-state index in [1.165, 1.54) is 12.5 Å². The monoisotopic (exact) mass is 419 g/mol. The molecule has 4 rings (SSSR count). The van der Waals surface area contributed by atoms with Crippen LogP contribution in [-0.4, -0.2) is 25.4 Å². The van der Waals surface area contributed by atoms with Crippen LogP contribution in [0.5, 0.6) is 11.6 Å². The van der Waals surface area contributed by atoms with Crippen molar-refractivity contribution in [3.05, 3.63) is 59.2 Å². The lowest BCUT2D eigenvalue weighted by molar-refractivity contribution is 0.440. The second-order valence-electron chi connectivity index (χ2n) is 7.57. The average molecular weight is 420 g/mol. The molecule has 152 valence electrons. The molecule has 0 radical (unpaired) electrons. The predicted octanol–water partition coefficient (Wildman–Crippen LogP) is 4.73. The highest BCUT2D eigenvalue weighted by Gasteiger charge is 2.27. The van der Waals surface area contributed by atoms with Crippen LogP contribution in [0.2, 0.25) is 0 Å². The molecule has 0 spiro atoms. The third-order valence-electron chi connectivity index (χ3n) is 4.95. The molecule has 30 heavy (non-hydrogen) atoms. The summed E-state index contributed by atoms with van der Waals surface area (Å²) in [5.74, 6) is 1.18. The van der Waals surface area contributed by atoms with E-state index in [-0.39, 0.29) is 10.8 Å². The van der Waals surface area contributed by atoms with E-state index in [4.69, 9.17) is 14.8 Å². The molecular weight excluding hydrogens is 398 g/mol. The molecule has 3 aromatic heterocycles. The maximum atomic E-state index is 12.5. The lowest BCUT2D eigenvalue weighted by atomic mass is 10.1. The number of pyridine rings is 3. The number of nitrogens with zero attached hydrogens (tertiary/aromatic N) is 4. The SMILES string of the molecule is Cc1cc(C2CC2)nc(C)c1Oc1nc(-c2cncc(C#N)c2)ccc1S(C)(=N)=O. The first-order valence-electron chi connectivity index (χ1n) is 9.52. The second kappa shape index (κ2) is 7.50. The van der Waals surface area contributed by atoms with Gasteiger partial charge in [0.1, 0.15) is 11.0 Å². The maximum Gasteiger partial charge on any atom is 0.237 e. The van der Waals surface area contributed by atoms with Gasteiger partial charge in [0.15, 0.2) is 5.75 Å². The van der Waals surface area contributed by atoms with E-state index >= 15 is 0 Å². The van der Waals surface area contributed by atoms with Crippen LogP contribution in [0.25, 0.3) is 11.3 Å². The Morgan fingerprint density at radius 3 is 2.60 bits per heavy atom. The summed E-state index contributed by atoms with van der Waals surface area (Å²) in [6, 6.07) is 8.99. The molecule has 0 amide bonds. The van der Waals surface area contributed by atoms with E-state index in [2.05, 4.69) is 21.0 Å². The van der Waals surface area contributed by atoms with Crippen LogP contribution in [0.3, 0.4) is 0 Å². The third kappa shape index (κ3) is 4.02. The number of hydrogen-bond acceptors (Lipinski definition) is 7. The first-order chi connectivity index (χ1) is 14.3. The summed E-state index contributed by atoms with van der Waals surface area (Å²) in [6.45, 7) is 3.83. The van der Waals surface area contributed by atoms with E-state index in [9.17, 15) is 4.21 Å². The second-order valence-corrected chi connectivity index (χ2v) is 9.70. The minimum Gasteiger partial charge on any atom is -0.436 e. The Balaban J connectivity index is 1.80. The van der Waals surface area contributed by atoms with Crippen LogP contribution in [0.4, 0.5) is 0 Å². The van der Waals surface area contributed by atoms with Gasteiger partial charge in [0.2, 0.25) is 5.88 Å². The molecular formula is C22H21N5O2S. The van der Waals surface area contributed by atoms with Crippen molar-refractivity contribution >= 4 is 9.73 Å². The molecule has 0 aliphatic heterocycles. The quantitative estimate of drug-likeness (QED) is 0.639. The zero-order valence-corrected chi connectivity index (χ0v) is 17.8. The summed E-state index contributed by atoms with van der Waals surface area (Å²) in [4.78, 5) is 13.5. The van der Waals surface area contributed by atoms with Gasteiger partial charge in [0.05, 0.1) is 26.7 Å². The highest BCUT2D eigenvalue weighted by molar-refractivity contribution is 7.91. The maximum absolute atomic E-state index is 12.5. The van der Waals surface area contributed by atoms with Crippen LogP contribution in [-0.2, 0) is 9.73 Å². The zero-order chi connectivity index (χ0) is 21.5. The summed E-state index contributed by atoms with van der Waals surface area (Å²) in [5, 5.41) is 9.13. The molecule has 1 fully saturated rings. The summed E-state index contributed by atoms with van der Waals surface area (Å²) in [6.07, 6.45) is 6.72. The molecule has 1 atom stereocenters. The zero-order valence-electron chi connectivity index (χ0n) is 17.0. The van der Waals surface area contributed by atoms with Gasteiger partial charge in [0, 0.05) is 35.8 Å². The molecule has 8 heteroatoms. The molecule has 7 nitrogen and oxygen atoms in total. The van der Waals surface area contributed by atoms with Gasteiger partial charge in [-0.05, 0) is 56.5 Å². The fourth-order valence-corrected chi connectivity index (χ4v) is 4.04. The van der Waals surface area contributed by atoms with E-state index < -0.39 is 9.73 Å². The molecule has 3 aromatic rings. The summed E-state index contributed by atoms with van der Waals surface area (Å²) in [7, 11) is -3.08. The van der Waals surface area contributed by atoms with Crippen LogP contribution >= 0.6 is 0 Å². The Morgan fingerprint density at radius 2 is 1.97 bits per heavy atom. The van der Waals surface area contributed by atoms with Crippen LogP contribution < -0.4 is 4.74 Å². The third-order valence-corrected chi connectivity index (χ3v) is 6.10. The summed E-state index contributed by atoms with van der Waals surface area (Å²) >= 11 is 0. The van der Waals surface area contributed by atoms with Crippen molar-refractivity contribution in [2.75, 3.05) is 6.26 Å². The Morgan fingerprint density at radius 1 is 1.20 bits per heavy atom. The van der Waals surface area contributed by atoms with Crippen molar-refractivity contribution in [2.45, 2.75) is 37.5 Å². The van der Waals surface area contributed by atoms with Crippen LogP contribution in [0.15, 0.2) is 41.6 Å². The summed E-state index contributed by atoms with van der Waals surface area (Å²) < 4.78 is 26.7. The van der Waals surface area contributed by atoms with Gasteiger partial charge < -0.3 is 4.74 Å². The Bertz CT molecular complexity index is 1270. The molecule has 1 aliphatic carbocycles. The first-order valence-corrected chi connectivity index (χ1v) is 11.5. The van der Waals surface area contributed by atoms with Gasteiger partial charge in [-0.2, -0.15) is 5.26 Å². The van der Waals surface area contributed by atoms with Crippen LogP contribution in [0.1, 0.15) is 41.3 Å². The highest BCUT2D eigenvalue weighted by atomic mass is 32.2. The van der Waals surface area contributed by atoms with Gasteiger partial charge in [-0.3, -0.25) is 9.97 Å². The lowest BCUT2D eigenvalue weighted by Crippen LogP contribution is -2.04. The highest BCUT2D eigenvalue weighted by Crippen LogP contribution is 2.41. The van der Waals surface area contributed by atoms with Gasteiger partial charge >= 0.3 is 0 Å². The number of nitriles is 1. The standard InChI is InChI=1S/C22H21N5O2S/c1-13-8-19(16-4-5-16)26-14(2)21(13)29-22-20(30(3,24)28)7-6-18(27-22)17-9-15(10-23)11-25-12-17/h6-9,11-12,16,24H,4-5H2,1-3H3. The summed E-state index contributed by atoms with van der Waals surface area (Å²) in [5.41, 5.74) is 4.28. The minimum absolute atomic E-state index is 0.101. The number of rotatable bonds is 5. The molecule has 3 heterocycles. The van der Waals surface area contributed by atoms with Crippen molar-refractivity contribution in [1.82, 2.24) is 15.0 Å². The van der Waals surface area contributed by atoms with Crippen LogP contribution in [0, 0.1) is 30.0 Å². The van der Waals surface area contributed by atoms with Gasteiger partial charge in [-0.15, -0.1) is 0 Å². The molecule has 1 aliphatic rings. The van der Waals surface area contributed by atoms with E-state index in [1.807, 2.05) is 19.9 Å². The Kier molecular flexibility index (Phi) is 5.00. The molecule has 1 saturated carbocycles. The molecule has 0 saturated heterocycles. The van der Waals surface area contributed by atoms with E-state index in [0.29, 0.717) is 28.5 Å². The van der Waals surface area contributed by atoms with Gasteiger partial charge in [0.25, 0.3) is 0 Å². The predicted molar refractivity (Wildman–Crippen MR) is 113 cm³/mol. The van der Waals surface area contributed by atoms with Crippen molar-refractivity contribution < 1.29 is 8.95 Å². The van der Waals surface area contributed by atoms with E-state index in [1.54, 1.807) is 24.4 Å². The number of aromatic nitrogens is 3. The number of ether oxygens (including phenoxy) is 1. The molecule has 0 bridgehead atoms. The molecule has 1 unspecified atom stereocenters. The van der Waals surface area contributed by atoms with Crippen molar-refractivity contribution in [1.29, 1.82) is 10.0 Å². The minimum atomic E-state index is -3.08. The van der Waals surface area contributed by atoms with Crippen molar-refractivity contribution in [2.24, 2.45) is 0 Å². The number of aryl methyl sites for hydroxylation is 2. The molecule has 1 N–H and O–H groups in total. The fourth-order valence-electron chi connectivity index (χ4n) is 3.29. The van der Waals surface area contributed by atoms with E-state index in [0.717, 1.165) is 29.8 Å². The number of hydrogen-bond donors (Lipinski definition) is 1. The van der Waals surface area contributed by atoms with Gasteiger partial charge in [-0.25, -0.2) is 14.0 Å². The Hall–Kier alpha value is -3.31. The topological polar surface area (TPSA) is 113 Å². The average Bonchev–Trinajstić information content (AvgIpc) is 3.55. The normalized spacial score (nSPS) is 15.3. The van der Waals surface area contributed by atoms with Crippen molar-refractivity contribution in [3.63, 3.8) is 0 Å². The van der Waals surface area contributed by atoms with Gasteiger partial charge in [-0.1, -0.05) is 0 Å².